The van der Waals surface area contributed by atoms with Crippen molar-refractivity contribution < 1.29 is 5.11 Å². The number of nitrogens with zero attached hydrogens (tertiary/aromatic N) is 6. The van der Waals surface area contributed by atoms with E-state index in [2.05, 4.69) is 55.9 Å². The van der Waals surface area contributed by atoms with E-state index in [0.29, 0.717) is 11.0 Å². The molecular formula is C19H24N6OS. The molecule has 1 aromatic carbocycles. The Hall–Kier alpha value is -2.16. The summed E-state index contributed by atoms with van der Waals surface area (Å²) in [7, 11) is 0. The molecule has 0 saturated carbocycles. The molecule has 1 aliphatic rings. The van der Waals surface area contributed by atoms with Gasteiger partial charge in [-0.1, -0.05) is 17.4 Å². The van der Waals surface area contributed by atoms with Crippen LogP contribution < -0.4 is 4.90 Å². The molecule has 1 N–H and O–H groups in total. The van der Waals surface area contributed by atoms with Crippen molar-refractivity contribution in [2.24, 2.45) is 0 Å². The minimum Gasteiger partial charge on any atom is -0.386 e. The predicted molar refractivity (Wildman–Crippen MR) is 107 cm³/mol. The van der Waals surface area contributed by atoms with Crippen LogP contribution in [0.3, 0.4) is 0 Å². The molecule has 27 heavy (non-hydrogen) atoms. The first-order chi connectivity index (χ1) is 13.0. The zero-order valence-corrected chi connectivity index (χ0v) is 16.6. The number of hydrogen-bond donors (Lipinski definition) is 1. The molecule has 2 atom stereocenters. The number of benzene rings is 1. The molecule has 142 valence electrons. The number of rotatable bonds is 4. The number of piperazine rings is 1. The molecule has 0 aliphatic carbocycles. The lowest BCUT2D eigenvalue weighted by Crippen LogP contribution is -2.47. The van der Waals surface area contributed by atoms with Crippen molar-refractivity contribution in [1.29, 1.82) is 0 Å². The Morgan fingerprint density at radius 2 is 1.78 bits per heavy atom. The molecule has 1 saturated heterocycles. The normalized spacial score (nSPS) is 18.0. The maximum Gasteiger partial charge on any atom is 0.208 e. The van der Waals surface area contributed by atoms with Crippen molar-refractivity contribution in [3.63, 3.8) is 0 Å². The fourth-order valence-corrected chi connectivity index (χ4v) is 4.38. The fraction of sp³-hybridized carbons (Fsp3) is 0.474. The summed E-state index contributed by atoms with van der Waals surface area (Å²) < 4.78 is 0. The summed E-state index contributed by atoms with van der Waals surface area (Å²) in [5, 5.41) is 19.5. The van der Waals surface area contributed by atoms with Gasteiger partial charge in [0, 0.05) is 44.6 Å². The molecule has 3 heterocycles. The highest BCUT2D eigenvalue weighted by molar-refractivity contribution is 7.15. The molecule has 3 aromatic rings. The first-order valence-electron chi connectivity index (χ1n) is 9.24. The second kappa shape index (κ2) is 7.46. The topological polar surface area (TPSA) is 78.3 Å². The van der Waals surface area contributed by atoms with Crippen LogP contribution in [0.4, 0.5) is 5.13 Å². The number of aromatic nitrogens is 4. The van der Waals surface area contributed by atoms with E-state index in [0.717, 1.165) is 42.3 Å². The molecule has 2 aromatic heterocycles. The molecular weight excluding hydrogens is 360 g/mol. The van der Waals surface area contributed by atoms with E-state index >= 15 is 0 Å². The van der Waals surface area contributed by atoms with E-state index in [-0.39, 0.29) is 0 Å². The highest BCUT2D eigenvalue weighted by Gasteiger charge is 2.25. The Labute approximate surface area is 162 Å². The fourth-order valence-electron chi connectivity index (χ4n) is 3.55. The highest BCUT2D eigenvalue weighted by atomic mass is 32.1. The molecule has 0 bridgehead atoms. The Morgan fingerprint density at radius 3 is 2.48 bits per heavy atom. The van der Waals surface area contributed by atoms with Crippen molar-refractivity contribution in [3.8, 4) is 0 Å². The number of aliphatic hydroxyl groups excluding tert-OH is 1. The Bertz CT molecular complexity index is 935. The lowest BCUT2D eigenvalue weighted by Gasteiger charge is -2.38. The van der Waals surface area contributed by atoms with Crippen LogP contribution in [0.5, 0.6) is 0 Å². The van der Waals surface area contributed by atoms with Gasteiger partial charge in [-0.05, 0) is 38.0 Å². The zero-order chi connectivity index (χ0) is 19.0. The average molecular weight is 385 g/mol. The third-order valence-corrected chi connectivity index (χ3v) is 6.34. The molecule has 0 radical (unpaired) electrons. The first kappa shape index (κ1) is 18.2. The Morgan fingerprint density at radius 1 is 1.04 bits per heavy atom. The summed E-state index contributed by atoms with van der Waals surface area (Å²) in [6.07, 6.45) is 2.93. The Kier molecular flexibility index (Phi) is 5.03. The van der Waals surface area contributed by atoms with E-state index in [9.17, 15) is 5.11 Å². The van der Waals surface area contributed by atoms with Crippen LogP contribution in [-0.4, -0.2) is 56.4 Å². The van der Waals surface area contributed by atoms with Crippen LogP contribution in [0.2, 0.25) is 0 Å². The molecule has 1 aliphatic heterocycles. The van der Waals surface area contributed by atoms with E-state index in [1.54, 1.807) is 19.3 Å². The van der Waals surface area contributed by atoms with Gasteiger partial charge in [-0.2, -0.15) is 0 Å². The van der Waals surface area contributed by atoms with Crippen molar-refractivity contribution in [3.05, 3.63) is 40.7 Å². The maximum absolute atomic E-state index is 9.65. The number of aryl methyl sites for hydroxylation is 1. The number of aliphatic hydroxyl groups is 1. The Balaban J connectivity index is 1.46. The largest absolute Gasteiger partial charge is 0.386 e. The lowest BCUT2D eigenvalue weighted by molar-refractivity contribution is 0.197. The summed E-state index contributed by atoms with van der Waals surface area (Å²) >= 11 is 1.48. The van der Waals surface area contributed by atoms with Crippen molar-refractivity contribution in [1.82, 2.24) is 25.1 Å². The first-order valence-corrected chi connectivity index (χ1v) is 10.1. The van der Waals surface area contributed by atoms with Crippen LogP contribution in [0.1, 0.15) is 42.1 Å². The van der Waals surface area contributed by atoms with Crippen molar-refractivity contribution in [2.45, 2.75) is 32.9 Å². The van der Waals surface area contributed by atoms with Crippen molar-refractivity contribution in [2.75, 3.05) is 31.1 Å². The quantitative estimate of drug-likeness (QED) is 0.741. The minimum atomic E-state index is -0.559. The second-order valence-corrected chi connectivity index (χ2v) is 8.05. The van der Waals surface area contributed by atoms with Crippen LogP contribution in [0, 0.1) is 6.92 Å². The molecule has 7 nitrogen and oxygen atoms in total. The molecule has 0 amide bonds. The smallest absolute Gasteiger partial charge is 0.208 e. The van der Waals surface area contributed by atoms with Gasteiger partial charge >= 0.3 is 0 Å². The van der Waals surface area contributed by atoms with Gasteiger partial charge in [0.05, 0.1) is 11.0 Å². The third kappa shape index (κ3) is 3.65. The molecule has 8 heteroatoms. The lowest BCUT2D eigenvalue weighted by atomic mass is 10.0. The predicted octanol–water partition coefficient (Wildman–Crippen LogP) is 2.73. The number of hydrogen-bond acceptors (Lipinski definition) is 8. The second-order valence-electron chi connectivity index (χ2n) is 7.06. The van der Waals surface area contributed by atoms with Gasteiger partial charge in [0.15, 0.2) is 0 Å². The van der Waals surface area contributed by atoms with Crippen LogP contribution in [0.25, 0.3) is 11.0 Å². The number of fused-ring (bicyclic) bond motifs is 1. The summed E-state index contributed by atoms with van der Waals surface area (Å²) in [5.74, 6) is 0. The van der Waals surface area contributed by atoms with E-state index in [4.69, 9.17) is 0 Å². The van der Waals surface area contributed by atoms with Crippen LogP contribution >= 0.6 is 11.3 Å². The monoisotopic (exact) mass is 384 g/mol. The van der Waals surface area contributed by atoms with Gasteiger partial charge in [-0.25, -0.2) is 0 Å². The summed E-state index contributed by atoms with van der Waals surface area (Å²) in [6.45, 7) is 9.81. The number of anilines is 1. The van der Waals surface area contributed by atoms with E-state index < -0.39 is 6.10 Å². The average Bonchev–Trinajstić information content (AvgIpc) is 3.18. The standard InChI is InChI=1S/C19H24N6OS/c1-12-10-15(11-16-17(12)21-5-4-20-16)13(2)24-6-8-25(9-7-24)19-23-22-18(27-19)14(3)26/h4-5,10-11,13-14,26H,6-9H2,1-3H3. The van der Waals surface area contributed by atoms with Crippen LogP contribution in [0.15, 0.2) is 24.5 Å². The SMILES string of the molecule is Cc1cc(C(C)N2CCN(c3nnc(C(C)O)s3)CC2)cc2nccnc12. The molecule has 2 unspecified atom stereocenters. The minimum absolute atomic E-state index is 0.319. The van der Waals surface area contributed by atoms with Gasteiger partial charge < -0.3 is 10.0 Å². The van der Waals surface area contributed by atoms with E-state index in [1.165, 1.54) is 22.5 Å². The van der Waals surface area contributed by atoms with Gasteiger partial charge in [0.2, 0.25) is 5.13 Å². The summed E-state index contributed by atoms with van der Waals surface area (Å²) in [5.41, 5.74) is 4.38. The maximum atomic E-state index is 9.65. The van der Waals surface area contributed by atoms with Gasteiger partial charge in [-0.15, -0.1) is 10.2 Å². The van der Waals surface area contributed by atoms with Crippen molar-refractivity contribution >= 4 is 27.5 Å². The van der Waals surface area contributed by atoms with Gasteiger partial charge in [-0.3, -0.25) is 14.9 Å². The molecule has 1 fully saturated rings. The molecule has 0 spiro atoms. The van der Waals surface area contributed by atoms with Gasteiger partial charge in [0.25, 0.3) is 0 Å². The zero-order valence-electron chi connectivity index (χ0n) is 15.8. The van der Waals surface area contributed by atoms with E-state index in [1.807, 2.05) is 0 Å². The summed E-state index contributed by atoms with van der Waals surface area (Å²) in [6, 6.07) is 4.71. The third-order valence-electron chi connectivity index (χ3n) is 5.19. The van der Waals surface area contributed by atoms with Crippen LogP contribution in [-0.2, 0) is 0 Å². The molecule has 4 rings (SSSR count). The highest BCUT2D eigenvalue weighted by Crippen LogP contribution is 2.29. The summed E-state index contributed by atoms with van der Waals surface area (Å²) in [4.78, 5) is 13.7. The van der Waals surface area contributed by atoms with Gasteiger partial charge in [0.1, 0.15) is 11.1 Å².